The lowest BCUT2D eigenvalue weighted by atomic mass is 10.3. The monoisotopic (exact) mass is 348 g/mol. The summed E-state index contributed by atoms with van der Waals surface area (Å²) in [4.78, 5) is 19.1. The molecule has 2 aliphatic rings. The number of benzene rings is 1. The molecular formula is C18H28N4O3. The highest BCUT2D eigenvalue weighted by Gasteiger charge is 2.21. The van der Waals surface area contributed by atoms with Gasteiger partial charge in [-0.15, -0.1) is 0 Å². The Kier molecular flexibility index (Phi) is 6.49. The lowest BCUT2D eigenvalue weighted by Gasteiger charge is -2.36. The third-order valence-corrected chi connectivity index (χ3v) is 4.84. The normalized spacial score (nSPS) is 19.6. The lowest BCUT2D eigenvalue weighted by molar-refractivity contribution is 0.0311. The summed E-state index contributed by atoms with van der Waals surface area (Å²) >= 11 is 0. The quantitative estimate of drug-likeness (QED) is 0.866. The second-order valence-corrected chi connectivity index (χ2v) is 6.44. The molecule has 2 saturated heterocycles. The summed E-state index contributed by atoms with van der Waals surface area (Å²) in [5.74, 6) is 0.784. The second kappa shape index (κ2) is 9.03. The van der Waals surface area contributed by atoms with Gasteiger partial charge in [-0.2, -0.15) is 0 Å². The lowest BCUT2D eigenvalue weighted by Crippen LogP contribution is -2.51. The van der Waals surface area contributed by atoms with Crippen LogP contribution < -0.4 is 10.1 Å². The van der Waals surface area contributed by atoms with E-state index < -0.39 is 0 Å². The summed E-state index contributed by atoms with van der Waals surface area (Å²) in [7, 11) is 1.63. The van der Waals surface area contributed by atoms with Crippen LogP contribution in [-0.4, -0.2) is 93.4 Å². The first-order valence-electron chi connectivity index (χ1n) is 8.97. The molecule has 0 radical (unpaired) electrons. The predicted octanol–water partition coefficient (Wildman–Crippen LogP) is 1.18. The first-order valence-corrected chi connectivity index (χ1v) is 8.97. The van der Waals surface area contributed by atoms with Gasteiger partial charge in [0.05, 0.1) is 20.3 Å². The van der Waals surface area contributed by atoms with Crippen LogP contribution in [0.5, 0.6) is 5.75 Å². The van der Waals surface area contributed by atoms with E-state index in [1.807, 2.05) is 29.2 Å². The number of hydrogen-bond acceptors (Lipinski definition) is 5. The minimum Gasteiger partial charge on any atom is -0.497 e. The molecule has 138 valence electrons. The molecule has 0 spiro atoms. The van der Waals surface area contributed by atoms with E-state index in [9.17, 15) is 4.79 Å². The summed E-state index contributed by atoms with van der Waals surface area (Å²) in [6.07, 6.45) is 0. The predicted molar refractivity (Wildman–Crippen MR) is 97.3 cm³/mol. The average Bonchev–Trinajstić information content (AvgIpc) is 2.68. The van der Waals surface area contributed by atoms with Crippen molar-refractivity contribution in [3.05, 3.63) is 24.3 Å². The smallest absolute Gasteiger partial charge is 0.321 e. The van der Waals surface area contributed by atoms with Crippen LogP contribution in [0, 0.1) is 0 Å². The van der Waals surface area contributed by atoms with Crippen molar-refractivity contribution in [2.24, 2.45) is 0 Å². The van der Waals surface area contributed by atoms with Crippen molar-refractivity contribution in [2.45, 2.75) is 0 Å². The summed E-state index contributed by atoms with van der Waals surface area (Å²) in [5.41, 5.74) is 0.792. The molecule has 1 N–H and O–H groups in total. The van der Waals surface area contributed by atoms with Gasteiger partial charge in [-0.25, -0.2) is 4.79 Å². The number of morpholine rings is 1. The molecule has 1 aromatic rings. The van der Waals surface area contributed by atoms with Crippen LogP contribution in [-0.2, 0) is 4.74 Å². The van der Waals surface area contributed by atoms with Gasteiger partial charge in [0.2, 0.25) is 0 Å². The molecule has 2 amide bonds. The topological polar surface area (TPSA) is 57.3 Å². The first-order chi connectivity index (χ1) is 12.2. The van der Waals surface area contributed by atoms with Crippen molar-refractivity contribution in [3.8, 4) is 5.75 Å². The van der Waals surface area contributed by atoms with Gasteiger partial charge in [-0.1, -0.05) is 0 Å². The van der Waals surface area contributed by atoms with E-state index in [4.69, 9.17) is 9.47 Å². The highest BCUT2D eigenvalue weighted by molar-refractivity contribution is 5.89. The van der Waals surface area contributed by atoms with Crippen molar-refractivity contribution in [2.75, 3.05) is 78.0 Å². The molecule has 3 rings (SSSR count). The van der Waals surface area contributed by atoms with E-state index in [0.29, 0.717) is 0 Å². The molecule has 0 atom stereocenters. The van der Waals surface area contributed by atoms with Crippen LogP contribution in [0.1, 0.15) is 0 Å². The SMILES string of the molecule is COc1ccc(NC(=O)N2CCN(CCN3CCOCC3)CC2)cc1. The number of nitrogens with one attached hydrogen (secondary N) is 1. The fourth-order valence-electron chi connectivity index (χ4n) is 3.16. The molecule has 7 heteroatoms. The number of rotatable bonds is 5. The average molecular weight is 348 g/mol. The summed E-state index contributed by atoms with van der Waals surface area (Å²) < 4.78 is 10.5. The van der Waals surface area contributed by atoms with Gasteiger partial charge in [0.1, 0.15) is 5.75 Å². The third-order valence-electron chi connectivity index (χ3n) is 4.84. The van der Waals surface area contributed by atoms with Gasteiger partial charge in [0.25, 0.3) is 0 Å². The maximum Gasteiger partial charge on any atom is 0.321 e. The Morgan fingerprint density at radius 2 is 1.60 bits per heavy atom. The molecular weight excluding hydrogens is 320 g/mol. The highest BCUT2D eigenvalue weighted by atomic mass is 16.5. The molecule has 0 unspecified atom stereocenters. The molecule has 0 saturated carbocycles. The number of nitrogens with zero attached hydrogens (tertiary/aromatic N) is 3. The van der Waals surface area contributed by atoms with Gasteiger partial charge in [0.15, 0.2) is 0 Å². The molecule has 2 heterocycles. The maximum absolute atomic E-state index is 12.4. The van der Waals surface area contributed by atoms with Gasteiger partial charge < -0.3 is 19.7 Å². The van der Waals surface area contributed by atoms with Crippen LogP contribution >= 0.6 is 0 Å². The van der Waals surface area contributed by atoms with Gasteiger partial charge >= 0.3 is 6.03 Å². The standard InChI is InChI=1S/C18H28N4O3/c1-24-17-4-2-16(3-5-17)19-18(23)22-10-8-20(9-11-22)6-7-21-12-14-25-15-13-21/h2-5H,6-15H2,1H3,(H,19,23). The fraction of sp³-hybridized carbons (Fsp3) is 0.611. The number of amides is 2. The van der Waals surface area contributed by atoms with Crippen molar-refractivity contribution in [1.82, 2.24) is 14.7 Å². The van der Waals surface area contributed by atoms with E-state index in [1.165, 1.54) is 0 Å². The van der Waals surface area contributed by atoms with E-state index in [0.717, 1.165) is 77.0 Å². The zero-order chi connectivity index (χ0) is 17.5. The Hall–Kier alpha value is -1.83. The number of carbonyl (C=O) groups excluding carboxylic acids is 1. The third kappa shape index (κ3) is 5.32. The zero-order valence-electron chi connectivity index (χ0n) is 14.9. The van der Waals surface area contributed by atoms with Crippen molar-refractivity contribution in [3.63, 3.8) is 0 Å². The fourth-order valence-corrected chi connectivity index (χ4v) is 3.16. The number of methoxy groups -OCH3 is 1. The second-order valence-electron chi connectivity index (χ2n) is 6.44. The number of anilines is 1. The molecule has 0 bridgehead atoms. The van der Waals surface area contributed by atoms with Crippen LogP contribution in [0.15, 0.2) is 24.3 Å². The summed E-state index contributed by atoms with van der Waals surface area (Å²) in [6, 6.07) is 7.38. The number of hydrogen-bond donors (Lipinski definition) is 1. The molecule has 7 nitrogen and oxygen atoms in total. The molecule has 2 aliphatic heterocycles. The van der Waals surface area contributed by atoms with E-state index in [-0.39, 0.29) is 6.03 Å². The van der Waals surface area contributed by atoms with E-state index in [2.05, 4.69) is 15.1 Å². The number of piperazine rings is 1. The van der Waals surface area contributed by atoms with Crippen LogP contribution in [0.2, 0.25) is 0 Å². The van der Waals surface area contributed by atoms with Crippen molar-refractivity contribution >= 4 is 11.7 Å². The van der Waals surface area contributed by atoms with Gasteiger partial charge in [0, 0.05) is 58.0 Å². The Morgan fingerprint density at radius 3 is 2.20 bits per heavy atom. The molecule has 0 aromatic heterocycles. The largest absolute Gasteiger partial charge is 0.497 e. The van der Waals surface area contributed by atoms with E-state index >= 15 is 0 Å². The minimum absolute atomic E-state index is 0.0296. The molecule has 0 aliphatic carbocycles. The Morgan fingerprint density at radius 1 is 1.00 bits per heavy atom. The van der Waals surface area contributed by atoms with Crippen LogP contribution in [0.4, 0.5) is 10.5 Å². The van der Waals surface area contributed by atoms with Gasteiger partial charge in [-0.05, 0) is 24.3 Å². The molecule has 1 aromatic carbocycles. The number of urea groups is 1. The Bertz CT molecular complexity index is 538. The summed E-state index contributed by atoms with van der Waals surface area (Å²) in [5, 5.41) is 2.95. The Labute approximate surface area is 149 Å². The summed E-state index contributed by atoms with van der Waals surface area (Å²) in [6.45, 7) is 9.30. The zero-order valence-corrected chi connectivity index (χ0v) is 14.9. The van der Waals surface area contributed by atoms with Crippen molar-refractivity contribution in [1.29, 1.82) is 0 Å². The number of ether oxygens (including phenoxy) is 2. The van der Waals surface area contributed by atoms with Crippen molar-refractivity contribution < 1.29 is 14.3 Å². The Balaban J connectivity index is 1.38. The number of carbonyl (C=O) groups is 1. The molecule has 2 fully saturated rings. The maximum atomic E-state index is 12.4. The van der Waals surface area contributed by atoms with Crippen LogP contribution in [0.3, 0.4) is 0 Å². The van der Waals surface area contributed by atoms with Crippen LogP contribution in [0.25, 0.3) is 0 Å². The van der Waals surface area contributed by atoms with Gasteiger partial charge in [-0.3, -0.25) is 9.80 Å². The highest BCUT2D eigenvalue weighted by Crippen LogP contribution is 2.15. The van der Waals surface area contributed by atoms with E-state index in [1.54, 1.807) is 7.11 Å². The first kappa shape index (κ1) is 18.0. The molecule has 25 heavy (non-hydrogen) atoms. The minimum atomic E-state index is -0.0296.